The number of amides is 3. The number of carbonyl (C=O) groups is 5. The standard InChI is InChI=1S/C25H43N5O6/c1-4-8-18(9-5-2)23(34)29-20(12-13-22(32)33)25(36)30-15-7-11-21(30)24(35)28-19(16-31)10-6-14-27-17(3)26/h16,18-21H,4-15H2,1-3H3,(H2,26,27)(H,28,35)(H,29,34)(H,32,33)/t19-,20-,21?/m0/s1. The number of carbonyl (C=O) groups excluding carboxylic acids is 4. The summed E-state index contributed by atoms with van der Waals surface area (Å²) in [5.41, 5.74) is 5.50. The van der Waals surface area contributed by atoms with Crippen molar-refractivity contribution in [3.05, 3.63) is 0 Å². The van der Waals surface area contributed by atoms with Crippen LogP contribution in [-0.2, 0) is 24.0 Å². The van der Waals surface area contributed by atoms with Gasteiger partial charge in [-0.3, -0.25) is 24.2 Å². The highest BCUT2D eigenvalue weighted by Gasteiger charge is 2.38. The maximum absolute atomic E-state index is 13.4. The highest BCUT2D eigenvalue weighted by molar-refractivity contribution is 5.93. The van der Waals surface area contributed by atoms with Crippen LogP contribution in [0.2, 0.25) is 0 Å². The Hall–Kier alpha value is -2.98. The molecule has 5 N–H and O–H groups in total. The number of amidine groups is 1. The van der Waals surface area contributed by atoms with Gasteiger partial charge in [-0.1, -0.05) is 26.7 Å². The first kappa shape index (κ1) is 31.1. The zero-order valence-electron chi connectivity index (χ0n) is 21.8. The number of carboxylic acid groups (broad SMARTS) is 1. The van der Waals surface area contributed by atoms with E-state index in [1.165, 1.54) is 4.90 Å². The number of likely N-dealkylation sites (tertiary alicyclic amines) is 1. The molecule has 1 unspecified atom stereocenters. The van der Waals surface area contributed by atoms with Gasteiger partial charge in [0.1, 0.15) is 18.4 Å². The first-order valence-corrected chi connectivity index (χ1v) is 13.0. The SMILES string of the molecule is CCCC(CCC)C(=O)N[C@@H](CCC(=O)O)C(=O)N1CCCC1C(=O)N[C@H](C=O)CCCN=C(C)N. The van der Waals surface area contributed by atoms with Gasteiger partial charge >= 0.3 is 5.97 Å². The molecule has 1 rings (SSSR count). The predicted molar refractivity (Wildman–Crippen MR) is 136 cm³/mol. The molecule has 3 atom stereocenters. The maximum atomic E-state index is 13.4. The van der Waals surface area contributed by atoms with Crippen LogP contribution < -0.4 is 16.4 Å². The monoisotopic (exact) mass is 509 g/mol. The molecule has 0 spiro atoms. The molecule has 36 heavy (non-hydrogen) atoms. The van der Waals surface area contributed by atoms with Crippen LogP contribution in [0.25, 0.3) is 0 Å². The molecule has 1 saturated heterocycles. The Morgan fingerprint density at radius 2 is 1.78 bits per heavy atom. The highest BCUT2D eigenvalue weighted by atomic mass is 16.4. The van der Waals surface area contributed by atoms with Crippen molar-refractivity contribution in [2.45, 2.75) is 103 Å². The predicted octanol–water partition coefficient (Wildman–Crippen LogP) is 1.38. The Morgan fingerprint density at radius 3 is 2.33 bits per heavy atom. The lowest BCUT2D eigenvalue weighted by atomic mass is 9.96. The van der Waals surface area contributed by atoms with Crippen LogP contribution in [0.3, 0.4) is 0 Å². The lowest BCUT2D eigenvalue weighted by Crippen LogP contribution is -2.55. The number of aldehydes is 1. The third-order valence-electron chi connectivity index (χ3n) is 6.27. The average molecular weight is 510 g/mol. The van der Waals surface area contributed by atoms with Crippen LogP contribution >= 0.6 is 0 Å². The van der Waals surface area contributed by atoms with Crippen LogP contribution in [0.1, 0.15) is 85.0 Å². The third kappa shape index (κ3) is 10.7. The molecule has 0 aromatic rings. The van der Waals surface area contributed by atoms with Gasteiger partial charge in [0.15, 0.2) is 0 Å². The van der Waals surface area contributed by atoms with Crippen molar-refractivity contribution in [2.24, 2.45) is 16.6 Å². The first-order chi connectivity index (χ1) is 17.1. The van der Waals surface area contributed by atoms with E-state index in [4.69, 9.17) is 10.8 Å². The number of hydrogen-bond acceptors (Lipinski definition) is 6. The summed E-state index contributed by atoms with van der Waals surface area (Å²) in [6.07, 6.45) is 5.27. The fourth-order valence-electron chi connectivity index (χ4n) is 4.44. The van der Waals surface area contributed by atoms with Gasteiger partial charge in [-0.2, -0.15) is 0 Å². The molecule has 0 bridgehead atoms. The molecule has 3 amide bonds. The van der Waals surface area contributed by atoms with Crippen molar-refractivity contribution in [2.75, 3.05) is 13.1 Å². The molecule has 1 heterocycles. The first-order valence-electron chi connectivity index (χ1n) is 13.0. The zero-order chi connectivity index (χ0) is 27.1. The summed E-state index contributed by atoms with van der Waals surface area (Å²) in [6, 6.07) is -2.53. The number of aliphatic imine (C=N–C) groups is 1. The Labute approximate surface area is 213 Å². The fraction of sp³-hybridized carbons (Fsp3) is 0.760. The van der Waals surface area contributed by atoms with Gasteiger partial charge < -0.3 is 31.2 Å². The minimum atomic E-state index is -1.07. The number of hydrogen-bond donors (Lipinski definition) is 4. The van der Waals surface area contributed by atoms with Crippen molar-refractivity contribution in [1.82, 2.24) is 15.5 Å². The zero-order valence-corrected chi connectivity index (χ0v) is 21.8. The molecule has 1 aliphatic rings. The molecule has 0 aliphatic carbocycles. The van der Waals surface area contributed by atoms with E-state index >= 15 is 0 Å². The van der Waals surface area contributed by atoms with Crippen molar-refractivity contribution in [3.63, 3.8) is 0 Å². The molecular weight excluding hydrogens is 466 g/mol. The van der Waals surface area contributed by atoms with Gasteiger partial charge in [0.25, 0.3) is 0 Å². The van der Waals surface area contributed by atoms with Gasteiger partial charge in [-0.25, -0.2) is 0 Å². The molecule has 11 heteroatoms. The van der Waals surface area contributed by atoms with E-state index in [-0.39, 0.29) is 24.7 Å². The van der Waals surface area contributed by atoms with Crippen LogP contribution in [-0.4, -0.2) is 77.0 Å². The van der Waals surface area contributed by atoms with E-state index in [1.54, 1.807) is 6.92 Å². The average Bonchev–Trinajstić information content (AvgIpc) is 3.32. The van der Waals surface area contributed by atoms with E-state index in [2.05, 4.69) is 15.6 Å². The molecule has 1 aliphatic heterocycles. The quantitative estimate of drug-likeness (QED) is 0.0992. The summed E-state index contributed by atoms with van der Waals surface area (Å²) >= 11 is 0. The summed E-state index contributed by atoms with van der Waals surface area (Å²) in [5.74, 6) is -2.04. The molecule has 1 fully saturated rings. The minimum Gasteiger partial charge on any atom is -0.481 e. The van der Waals surface area contributed by atoms with E-state index < -0.39 is 35.9 Å². The Morgan fingerprint density at radius 1 is 1.11 bits per heavy atom. The largest absolute Gasteiger partial charge is 0.481 e. The summed E-state index contributed by atoms with van der Waals surface area (Å²) in [4.78, 5) is 67.4. The second kappa shape index (κ2) is 16.6. The normalized spacial score (nSPS) is 17.5. The highest BCUT2D eigenvalue weighted by Crippen LogP contribution is 2.21. The Balaban J connectivity index is 2.90. The van der Waals surface area contributed by atoms with Crippen LogP contribution in [0.4, 0.5) is 0 Å². The summed E-state index contributed by atoms with van der Waals surface area (Å²) in [7, 11) is 0. The molecule has 0 radical (unpaired) electrons. The van der Waals surface area contributed by atoms with Crippen molar-refractivity contribution in [1.29, 1.82) is 0 Å². The van der Waals surface area contributed by atoms with Crippen LogP contribution in [0.5, 0.6) is 0 Å². The van der Waals surface area contributed by atoms with Crippen molar-refractivity contribution < 1.29 is 29.1 Å². The summed E-state index contributed by atoms with van der Waals surface area (Å²) < 4.78 is 0. The van der Waals surface area contributed by atoms with Gasteiger partial charge in [-0.15, -0.1) is 0 Å². The van der Waals surface area contributed by atoms with Gasteiger partial charge in [-0.05, 0) is 51.9 Å². The molecule has 0 aromatic carbocycles. The second-order valence-corrected chi connectivity index (χ2v) is 9.37. The number of nitrogens with one attached hydrogen (secondary N) is 2. The molecule has 204 valence electrons. The number of nitrogens with two attached hydrogens (primary N) is 1. The molecule has 11 nitrogen and oxygen atoms in total. The van der Waals surface area contributed by atoms with Crippen molar-refractivity contribution in [3.8, 4) is 0 Å². The number of rotatable bonds is 17. The Bertz CT molecular complexity index is 777. The second-order valence-electron chi connectivity index (χ2n) is 9.37. The Kier molecular flexibility index (Phi) is 14.4. The number of carboxylic acids is 1. The smallest absolute Gasteiger partial charge is 0.303 e. The van der Waals surface area contributed by atoms with E-state index in [0.717, 1.165) is 12.8 Å². The number of aliphatic carboxylic acids is 1. The maximum Gasteiger partial charge on any atom is 0.303 e. The molecule has 0 saturated carbocycles. The summed E-state index contributed by atoms with van der Waals surface area (Å²) in [6.45, 7) is 6.40. The lowest BCUT2D eigenvalue weighted by Gasteiger charge is -2.30. The molecule has 0 aromatic heterocycles. The topological polar surface area (TPSA) is 171 Å². The van der Waals surface area contributed by atoms with Crippen LogP contribution in [0.15, 0.2) is 4.99 Å². The minimum absolute atomic E-state index is 0.0618. The summed E-state index contributed by atoms with van der Waals surface area (Å²) in [5, 5.41) is 14.6. The fourth-order valence-corrected chi connectivity index (χ4v) is 4.44. The lowest BCUT2D eigenvalue weighted by molar-refractivity contribution is -0.143. The van der Waals surface area contributed by atoms with Gasteiger partial charge in [0.2, 0.25) is 17.7 Å². The van der Waals surface area contributed by atoms with Gasteiger partial charge in [0.05, 0.1) is 11.9 Å². The number of nitrogens with zero attached hydrogens (tertiary/aromatic N) is 2. The van der Waals surface area contributed by atoms with E-state index in [1.807, 2.05) is 13.8 Å². The van der Waals surface area contributed by atoms with Gasteiger partial charge in [0, 0.05) is 25.4 Å². The van der Waals surface area contributed by atoms with E-state index in [9.17, 15) is 24.0 Å². The third-order valence-corrected chi connectivity index (χ3v) is 6.27. The van der Waals surface area contributed by atoms with Crippen LogP contribution in [0, 0.1) is 5.92 Å². The van der Waals surface area contributed by atoms with E-state index in [0.29, 0.717) is 63.7 Å². The van der Waals surface area contributed by atoms with Crippen molar-refractivity contribution >= 4 is 35.8 Å². The molecular formula is C25H43N5O6.